The van der Waals surface area contributed by atoms with Crippen LogP contribution in [0, 0.1) is 0 Å². The van der Waals surface area contributed by atoms with Gasteiger partial charge in [0, 0.05) is 24.5 Å². The smallest absolute Gasteiger partial charge is 0.261 e. The molecule has 0 heterocycles. The van der Waals surface area contributed by atoms with Crippen LogP contribution in [0.15, 0.2) is 77.3 Å². The summed E-state index contributed by atoms with van der Waals surface area (Å²) in [5.74, 6) is 0.495. The van der Waals surface area contributed by atoms with Crippen molar-refractivity contribution in [2.24, 2.45) is 0 Å². The van der Waals surface area contributed by atoms with Gasteiger partial charge >= 0.3 is 0 Å². The minimum absolute atomic E-state index is 0.180. The molecule has 7 heteroatoms. The molecule has 5 nitrogen and oxygen atoms in total. The first kappa shape index (κ1) is 29.7. The summed E-state index contributed by atoms with van der Waals surface area (Å²) in [7, 11) is 0. The van der Waals surface area contributed by atoms with Gasteiger partial charge in [0.05, 0.1) is 4.47 Å². The normalized spacial score (nSPS) is 11.7. The highest BCUT2D eigenvalue weighted by atomic mass is 79.9. The van der Waals surface area contributed by atoms with Gasteiger partial charge in [0.15, 0.2) is 6.61 Å². The van der Waals surface area contributed by atoms with E-state index in [2.05, 4.69) is 42.0 Å². The number of amides is 2. The summed E-state index contributed by atoms with van der Waals surface area (Å²) in [5, 5.41) is 3.61. The van der Waals surface area contributed by atoms with E-state index < -0.39 is 6.04 Å². The predicted octanol–water partition coefficient (Wildman–Crippen LogP) is 7.16. The molecule has 0 aliphatic rings. The largest absolute Gasteiger partial charge is 0.483 e. The molecule has 38 heavy (non-hydrogen) atoms. The van der Waals surface area contributed by atoms with Crippen LogP contribution >= 0.6 is 27.5 Å². The lowest BCUT2D eigenvalue weighted by molar-refractivity contribution is -0.142. The van der Waals surface area contributed by atoms with E-state index >= 15 is 0 Å². The minimum Gasteiger partial charge on any atom is -0.483 e. The number of carbonyl (C=O) groups is 2. The number of rotatable bonds is 13. The molecule has 0 radical (unpaired) electrons. The molecule has 1 N–H and O–H groups in total. The lowest BCUT2D eigenvalue weighted by atomic mass is 10.0. The number of nitrogens with zero attached hydrogens (tertiary/aromatic N) is 1. The van der Waals surface area contributed by atoms with E-state index in [1.165, 1.54) is 5.56 Å². The zero-order valence-corrected chi connectivity index (χ0v) is 24.6. The van der Waals surface area contributed by atoms with Crippen LogP contribution in [0.2, 0.25) is 5.02 Å². The molecule has 3 aromatic rings. The minimum atomic E-state index is -0.712. The first-order valence-electron chi connectivity index (χ1n) is 13.1. The zero-order valence-electron chi connectivity index (χ0n) is 22.3. The Kier molecular flexibility index (Phi) is 11.7. The van der Waals surface area contributed by atoms with Gasteiger partial charge in [-0.2, -0.15) is 0 Å². The molecule has 0 saturated carbocycles. The van der Waals surface area contributed by atoms with Gasteiger partial charge in [-0.1, -0.05) is 87.3 Å². The molecule has 2 amide bonds. The molecule has 0 fully saturated rings. The van der Waals surface area contributed by atoms with E-state index in [1.54, 1.807) is 11.0 Å². The molecule has 3 aromatic carbocycles. The quantitative estimate of drug-likeness (QED) is 0.212. The van der Waals surface area contributed by atoms with Crippen LogP contribution in [0.3, 0.4) is 0 Å². The highest BCUT2D eigenvalue weighted by molar-refractivity contribution is 9.10. The van der Waals surface area contributed by atoms with Crippen molar-refractivity contribution >= 4 is 39.3 Å². The summed E-state index contributed by atoms with van der Waals surface area (Å²) in [5.41, 5.74) is 2.98. The second kappa shape index (κ2) is 14.9. The van der Waals surface area contributed by atoms with Crippen molar-refractivity contribution < 1.29 is 14.3 Å². The third-order valence-corrected chi connectivity index (χ3v) is 7.17. The number of carbonyl (C=O) groups excluding carboxylic acids is 2. The summed E-state index contributed by atoms with van der Waals surface area (Å²) < 4.78 is 6.75. The van der Waals surface area contributed by atoms with Crippen molar-refractivity contribution in [2.45, 2.75) is 58.5 Å². The predicted molar refractivity (Wildman–Crippen MR) is 158 cm³/mol. The summed E-state index contributed by atoms with van der Waals surface area (Å²) in [6.07, 6.45) is 2.22. The van der Waals surface area contributed by atoms with Gasteiger partial charge in [0.1, 0.15) is 11.8 Å². The molecule has 0 spiro atoms. The highest BCUT2D eigenvalue weighted by Crippen LogP contribution is 2.29. The topological polar surface area (TPSA) is 58.6 Å². The van der Waals surface area contributed by atoms with Crippen LogP contribution in [0.25, 0.3) is 0 Å². The van der Waals surface area contributed by atoms with Crippen molar-refractivity contribution in [3.63, 3.8) is 0 Å². The molecule has 0 aliphatic heterocycles. The van der Waals surface area contributed by atoms with Crippen molar-refractivity contribution in [3.8, 4) is 5.75 Å². The molecule has 1 atom stereocenters. The Morgan fingerprint density at radius 3 is 2.39 bits per heavy atom. The van der Waals surface area contributed by atoms with Crippen LogP contribution in [0.4, 0.5) is 0 Å². The Morgan fingerprint density at radius 2 is 1.74 bits per heavy atom. The van der Waals surface area contributed by atoms with Crippen LogP contribution in [0.1, 0.15) is 56.2 Å². The molecule has 0 bridgehead atoms. The third-order valence-electron chi connectivity index (χ3n) is 6.32. The van der Waals surface area contributed by atoms with Crippen LogP contribution in [-0.2, 0) is 22.6 Å². The SMILES string of the molecule is CCCCNC(=O)[C@@H](Cc1ccccc1)N(Cc1cccc(Cl)c1)C(=O)COc1ccc(C(C)C)cc1Br. The zero-order chi connectivity index (χ0) is 27.5. The second-order valence-corrected chi connectivity index (χ2v) is 10.9. The van der Waals surface area contributed by atoms with Gasteiger partial charge in [-0.15, -0.1) is 0 Å². The monoisotopic (exact) mass is 598 g/mol. The number of ether oxygens (including phenoxy) is 1. The van der Waals surface area contributed by atoms with Crippen LogP contribution < -0.4 is 10.1 Å². The van der Waals surface area contributed by atoms with E-state index in [0.717, 1.165) is 28.4 Å². The Bertz CT molecular complexity index is 1200. The van der Waals surface area contributed by atoms with E-state index in [4.69, 9.17) is 16.3 Å². The Balaban J connectivity index is 1.89. The van der Waals surface area contributed by atoms with Gasteiger partial charge in [0.2, 0.25) is 5.91 Å². The lowest BCUT2D eigenvalue weighted by Gasteiger charge is -2.31. The average Bonchev–Trinajstić information content (AvgIpc) is 2.90. The number of hydrogen-bond acceptors (Lipinski definition) is 3. The van der Waals surface area contributed by atoms with Crippen molar-refractivity contribution in [2.75, 3.05) is 13.2 Å². The Hall–Kier alpha value is -2.83. The first-order valence-corrected chi connectivity index (χ1v) is 14.2. The summed E-state index contributed by atoms with van der Waals surface area (Å²) in [6, 6.07) is 22.3. The summed E-state index contributed by atoms with van der Waals surface area (Å²) in [4.78, 5) is 28.8. The summed E-state index contributed by atoms with van der Waals surface area (Å²) in [6.45, 7) is 6.91. The van der Waals surface area contributed by atoms with Gasteiger partial charge in [-0.25, -0.2) is 0 Å². The molecule has 0 saturated heterocycles. The van der Waals surface area contributed by atoms with Crippen LogP contribution in [0.5, 0.6) is 5.75 Å². The molecular weight excluding hydrogens is 564 g/mol. The maximum absolute atomic E-state index is 13.7. The molecule has 202 valence electrons. The Labute approximate surface area is 239 Å². The van der Waals surface area contributed by atoms with E-state index in [9.17, 15) is 9.59 Å². The lowest BCUT2D eigenvalue weighted by Crippen LogP contribution is -2.51. The number of hydrogen-bond donors (Lipinski definition) is 1. The van der Waals surface area contributed by atoms with Gasteiger partial charge in [0.25, 0.3) is 5.91 Å². The number of benzene rings is 3. The van der Waals surface area contributed by atoms with Crippen molar-refractivity contribution in [1.29, 1.82) is 0 Å². The van der Waals surface area contributed by atoms with E-state index in [-0.39, 0.29) is 25.0 Å². The van der Waals surface area contributed by atoms with Crippen molar-refractivity contribution in [3.05, 3.63) is 99.0 Å². The molecule has 3 rings (SSSR count). The number of halogens is 2. The molecule has 0 unspecified atom stereocenters. The standard InChI is InChI=1S/C31H36BrClN2O3/c1-4-5-16-34-31(37)28(18-23-10-7-6-8-11-23)35(20-24-12-9-13-26(33)17-24)30(36)21-38-29-15-14-25(22(2)3)19-27(29)32/h6-15,17,19,22,28H,4-5,16,18,20-21H2,1-3H3,(H,34,37)/t28-/m1/s1. The van der Waals surface area contributed by atoms with E-state index in [0.29, 0.717) is 29.7 Å². The van der Waals surface area contributed by atoms with Gasteiger partial charge in [-0.3, -0.25) is 9.59 Å². The Morgan fingerprint density at radius 1 is 1.00 bits per heavy atom. The fraction of sp³-hybridized carbons (Fsp3) is 0.355. The fourth-order valence-electron chi connectivity index (χ4n) is 4.11. The average molecular weight is 600 g/mol. The van der Waals surface area contributed by atoms with Gasteiger partial charge in [-0.05, 0) is 69.2 Å². The summed E-state index contributed by atoms with van der Waals surface area (Å²) >= 11 is 9.81. The second-order valence-electron chi connectivity index (χ2n) is 9.63. The van der Waals surface area contributed by atoms with E-state index in [1.807, 2.05) is 66.7 Å². The fourth-order valence-corrected chi connectivity index (χ4v) is 4.83. The highest BCUT2D eigenvalue weighted by Gasteiger charge is 2.30. The van der Waals surface area contributed by atoms with Crippen molar-refractivity contribution in [1.82, 2.24) is 10.2 Å². The maximum Gasteiger partial charge on any atom is 0.261 e. The first-order chi connectivity index (χ1) is 18.3. The maximum atomic E-state index is 13.7. The number of unbranched alkanes of at least 4 members (excludes halogenated alkanes) is 1. The molecular formula is C31H36BrClN2O3. The number of nitrogens with one attached hydrogen (secondary N) is 1. The molecule has 0 aliphatic carbocycles. The van der Waals surface area contributed by atoms with Gasteiger partial charge < -0.3 is 15.0 Å². The third kappa shape index (κ3) is 8.88. The molecule has 0 aromatic heterocycles. The van der Waals surface area contributed by atoms with Crippen LogP contribution in [-0.4, -0.2) is 35.9 Å².